The van der Waals surface area contributed by atoms with Gasteiger partial charge in [0.1, 0.15) is 5.69 Å². The van der Waals surface area contributed by atoms with E-state index in [1.54, 1.807) is 10.9 Å². The fraction of sp³-hybridized carbons (Fsp3) is 0.526. The summed E-state index contributed by atoms with van der Waals surface area (Å²) in [5, 5.41) is 17.8. The van der Waals surface area contributed by atoms with Crippen molar-refractivity contribution < 1.29 is 9.90 Å². The fourth-order valence-electron chi connectivity index (χ4n) is 3.54. The standard InChI is InChI=1S/C19H26N4O2/c1-3-13(4-2)11-21-9-10-23-18(19(24)25)16-6-5-14-12-20-8-7-15(14)17(16)22-23/h7-8,12-13,21H,3-6,9-11H2,1-2H3,(H,24,25). The molecule has 0 spiro atoms. The molecule has 134 valence electrons. The van der Waals surface area contributed by atoms with Gasteiger partial charge < -0.3 is 10.4 Å². The Morgan fingerprint density at radius 1 is 1.36 bits per heavy atom. The molecule has 0 amide bonds. The summed E-state index contributed by atoms with van der Waals surface area (Å²) in [6, 6.07) is 1.93. The molecule has 0 saturated heterocycles. The van der Waals surface area contributed by atoms with Crippen LogP contribution in [0.25, 0.3) is 11.3 Å². The van der Waals surface area contributed by atoms with Crippen LogP contribution in [0.2, 0.25) is 0 Å². The Morgan fingerprint density at radius 2 is 2.16 bits per heavy atom. The molecule has 3 rings (SSSR count). The van der Waals surface area contributed by atoms with Crippen LogP contribution in [0.5, 0.6) is 0 Å². The second-order valence-electron chi connectivity index (χ2n) is 6.62. The van der Waals surface area contributed by atoms with Crippen LogP contribution in [-0.4, -0.2) is 38.9 Å². The lowest BCUT2D eigenvalue weighted by Gasteiger charge is -2.14. The number of hydrogen-bond donors (Lipinski definition) is 2. The first-order chi connectivity index (χ1) is 12.2. The van der Waals surface area contributed by atoms with E-state index < -0.39 is 5.97 Å². The largest absolute Gasteiger partial charge is 0.477 e. The SMILES string of the molecule is CCC(CC)CNCCn1nc2c(c1C(=O)O)CCc1cnccc1-2. The quantitative estimate of drug-likeness (QED) is 0.721. The fourth-order valence-corrected chi connectivity index (χ4v) is 3.54. The molecular formula is C19H26N4O2. The van der Waals surface area contributed by atoms with E-state index in [0.29, 0.717) is 24.6 Å². The predicted octanol–water partition coefficient (Wildman–Crippen LogP) is 2.77. The molecule has 2 aromatic heterocycles. The highest BCUT2D eigenvalue weighted by Crippen LogP contribution is 2.33. The molecule has 6 nitrogen and oxygen atoms in total. The minimum atomic E-state index is -0.897. The van der Waals surface area contributed by atoms with E-state index in [9.17, 15) is 9.90 Å². The minimum absolute atomic E-state index is 0.335. The summed E-state index contributed by atoms with van der Waals surface area (Å²) in [6.07, 6.45) is 7.43. The third-order valence-corrected chi connectivity index (χ3v) is 5.14. The smallest absolute Gasteiger partial charge is 0.354 e. The number of carbonyl (C=O) groups is 1. The first kappa shape index (κ1) is 17.6. The Balaban J connectivity index is 1.79. The van der Waals surface area contributed by atoms with Crippen LogP contribution in [0.15, 0.2) is 18.5 Å². The Bertz CT molecular complexity index is 750. The van der Waals surface area contributed by atoms with Gasteiger partial charge in [0.2, 0.25) is 0 Å². The van der Waals surface area contributed by atoms with Crippen molar-refractivity contribution in [3.05, 3.63) is 35.3 Å². The number of aryl methyl sites for hydroxylation is 1. The molecule has 0 aromatic carbocycles. The van der Waals surface area contributed by atoms with Crippen LogP contribution in [0.3, 0.4) is 0 Å². The molecule has 1 aliphatic carbocycles. The van der Waals surface area contributed by atoms with Crippen molar-refractivity contribution in [3.8, 4) is 11.3 Å². The van der Waals surface area contributed by atoms with E-state index in [-0.39, 0.29) is 0 Å². The number of nitrogens with zero attached hydrogens (tertiary/aromatic N) is 3. The van der Waals surface area contributed by atoms with E-state index in [2.05, 4.69) is 29.2 Å². The minimum Gasteiger partial charge on any atom is -0.477 e. The molecule has 2 aromatic rings. The molecule has 0 saturated carbocycles. The number of aromatic nitrogens is 3. The summed E-state index contributed by atoms with van der Waals surface area (Å²) in [5.74, 6) is -0.226. The Morgan fingerprint density at radius 3 is 2.88 bits per heavy atom. The first-order valence-corrected chi connectivity index (χ1v) is 9.12. The van der Waals surface area contributed by atoms with Crippen LogP contribution in [0, 0.1) is 5.92 Å². The van der Waals surface area contributed by atoms with E-state index in [4.69, 9.17) is 0 Å². The van der Waals surface area contributed by atoms with Crippen molar-refractivity contribution in [2.24, 2.45) is 5.92 Å². The number of fused-ring (bicyclic) bond motifs is 3. The van der Waals surface area contributed by atoms with Crippen LogP contribution in [-0.2, 0) is 19.4 Å². The van der Waals surface area contributed by atoms with Crippen molar-refractivity contribution >= 4 is 5.97 Å². The van der Waals surface area contributed by atoms with Gasteiger partial charge in [-0.05, 0) is 36.9 Å². The van der Waals surface area contributed by atoms with Gasteiger partial charge in [-0.1, -0.05) is 26.7 Å². The highest BCUT2D eigenvalue weighted by molar-refractivity contribution is 5.90. The molecule has 0 fully saturated rings. The lowest BCUT2D eigenvalue weighted by Crippen LogP contribution is -2.27. The maximum Gasteiger partial charge on any atom is 0.354 e. The van der Waals surface area contributed by atoms with E-state index >= 15 is 0 Å². The molecule has 25 heavy (non-hydrogen) atoms. The molecule has 0 aliphatic heterocycles. The number of aromatic carboxylic acids is 1. The highest BCUT2D eigenvalue weighted by Gasteiger charge is 2.27. The molecular weight excluding hydrogens is 316 g/mol. The van der Waals surface area contributed by atoms with Crippen molar-refractivity contribution in [3.63, 3.8) is 0 Å². The molecule has 0 bridgehead atoms. The van der Waals surface area contributed by atoms with Crippen LogP contribution < -0.4 is 5.32 Å². The molecule has 1 aliphatic rings. The van der Waals surface area contributed by atoms with Crippen LogP contribution in [0.1, 0.15) is 48.3 Å². The molecule has 2 N–H and O–H groups in total. The number of carboxylic acids is 1. The van der Waals surface area contributed by atoms with E-state index in [1.807, 2.05) is 12.3 Å². The normalized spacial score (nSPS) is 12.9. The molecule has 0 radical (unpaired) electrons. The Hall–Kier alpha value is -2.21. The average Bonchev–Trinajstić information content (AvgIpc) is 3.01. The maximum absolute atomic E-state index is 11.8. The zero-order valence-electron chi connectivity index (χ0n) is 15.0. The van der Waals surface area contributed by atoms with Gasteiger partial charge in [0.05, 0.1) is 12.2 Å². The summed E-state index contributed by atoms with van der Waals surface area (Å²) in [7, 11) is 0. The van der Waals surface area contributed by atoms with Crippen LogP contribution in [0.4, 0.5) is 0 Å². The van der Waals surface area contributed by atoms with Gasteiger partial charge in [0.15, 0.2) is 0 Å². The van der Waals surface area contributed by atoms with Crippen molar-refractivity contribution in [1.29, 1.82) is 0 Å². The van der Waals surface area contributed by atoms with Gasteiger partial charge >= 0.3 is 5.97 Å². The Labute approximate surface area is 148 Å². The first-order valence-electron chi connectivity index (χ1n) is 9.12. The average molecular weight is 342 g/mol. The van der Waals surface area contributed by atoms with Gasteiger partial charge in [-0.2, -0.15) is 5.10 Å². The third-order valence-electron chi connectivity index (χ3n) is 5.14. The monoisotopic (exact) mass is 342 g/mol. The second-order valence-corrected chi connectivity index (χ2v) is 6.62. The van der Waals surface area contributed by atoms with Gasteiger partial charge in [-0.3, -0.25) is 9.67 Å². The van der Waals surface area contributed by atoms with Crippen LogP contribution >= 0.6 is 0 Å². The number of hydrogen-bond acceptors (Lipinski definition) is 4. The van der Waals surface area contributed by atoms with E-state index in [1.165, 1.54) is 0 Å². The molecule has 6 heteroatoms. The lowest BCUT2D eigenvalue weighted by molar-refractivity contribution is 0.0682. The number of carboxylic acid groups (broad SMARTS) is 1. The number of rotatable bonds is 8. The van der Waals surface area contributed by atoms with Crippen molar-refractivity contribution in [1.82, 2.24) is 20.1 Å². The second kappa shape index (κ2) is 7.78. The topological polar surface area (TPSA) is 80.0 Å². The summed E-state index contributed by atoms with van der Waals surface area (Å²) in [5.41, 5.74) is 4.15. The summed E-state index contributed by atoms with van der Waals surface area (Å²) >= 11 is 0. The van der Waals surface area contributed by atoms with E-state index in [0.717, 1.165) is 54.7 Å². The maximum atomic E-state index is 11.8. The van der Waals surface area contributed by atoms with Gasteiger partial charge in [-0.25, -0.2) is 4.79 Å². The van der Waals surface area contributed by atoms with Gasteiger partial charge in [0, 0.05) is 30.1 Å². The summed E-state index contributed by atoms with van der Waals surface area (Å²) in [4.78, 5) is 16.0. The number of nitrogens with one attached hydrogen (secondary N) is 1. The predicted molar refractivity (Wildman–Crippen MR) is 96.8 cm³/mol. The molecule has 0 atom stereocenters. The lowest BCUT2D eigenvalue weighted by atomic mass is 9.90. The third kappa shape index (κ3) is 3.58. The molecule has 2 heterocycles. The zero-order valence-corrected chi connectivity index (χ0v) is 15.0. The zero-order chi connectivity index (χ0) is 17.8. The summed E-state index contributed by atoms with van der Waals surface area (Å²) in [6.45, 7) is 6.65. The van der Waals surface area contributed by atoms with Gasteiger partial charge in [0.25, 0.3) is 0 Å². The summed E-state index contributed by atoms with van der Waals surface area (Å²) < 4.78 is 1.66. The van der Waals surface area contributed by atoms with Crippen molar-refractivity contribution in [2.45, 2.75) is 46.1 Å². The Kier molecular flexibility index (Phi) is 5.48. The highest BCUT2D eigenvalue weighted by atomic mass is 16.4. The van der Waals surface area contributed by atoms with Gasteiger partial charge in [-0.15, -0.1) is 0 Å². The van der Waals surface area contributed by atoms with Crippen molar-refractivity contribution in [2.75, 3.05) is 13.1 Å². The number of pyridine rings is 1. The molecule has 0 unspecified atom stereocenters.